The lowest BCUT2D eigenvalue weighted by Gasteiger charge is -2.18. The molecule has 1 saturated heterocycles. The molecule has 14 heteroatoms. The number of hydrogen-bond acceptors (Lipinski definition) is 9. The van der Waals surface area contributed by atoms with Crippen LogP contribution in [0.1, 0.15) is 24.3 Å². The van der Waals surface area contributed by atoms with Crippen molar-refractivity contribution in [3.05, 3.63) is 32.6 Å². The van der Waals surface area contributed by atoms with Gasteiger partial charge in [0.25, 0.3) is 5.56 Å². The van der Waals surface area contributed by atoms with Crippen molar-refractivity contribution in [3.63, 3.8) is 0 Å². The van der Waals surface area contributed by atoms with Crippen LogP contribution < -0.4 is 11.2 Å². The number of aromatic amines is 1. The number of ether oxygens (including phenoxy) is 1. The largest absolute Gasteiger partial charge is 0.469 e. The Labute approximate surface area is 157 Å². The monoisotopic (exact) mass is 428 g/mol. The Morgan fingerprint density at radius 2 is 2.15 bits per heavy atom. The summed E-state index contributed by atoms with van der Waals surface area (Å²) in [6.45, 7) is -0.674. The van der Waals surface area contributed by atoms with Crippen molar-refractivity contribution in [1.29, 1.82) is 0 Å². The van der Waals surface area contributed by atoms with E-state index >= 15 is 0 Å². The Bertz CT molecular complexity index is 792. The van der Waals surface area contributed by atoms with E-state index in [0.717, 1.165) is 10.8 Å². The Balaban J connectivity index is 2.16. The predicted molar refractivity (Wildman–Crippen MR) is 93.2 cm³/mol. The molecule has 4 atom stereocenters. The Morgan fingerprint density at radius 3 is 2.78 bits per heavy atom. The third kappa shape index (κ3) is 6.24. The number of hydrogen-bond donors (Lipinski definition) is 6. The summed E-state index contributed by atoms with van der Waals surface area (Å²) in [6.07, 6.45) is -3.43. The quantitative estimate of drug-likeness (QED) is 0.189. The number of rotatable bonds is 9. The lowest BCUT2D eigenvalue weighted by molar-refractivity contribution is -0.0453. The average Bonchev–Trinajstić information content (AvgIpc) is 2.93. The van der Waals surface area contributed by atoms with Gasteiger partial charge < -0.3 is 29.8 Å². The van der Waals surface area contributed by atoms with Gasteiger partial charge >= 0.3 is 13.5 Å². The van der Waals surface area contributed by atoms with Gasteiger partial charge in [0, 0.05) is 24.1 Å². The Kier molecular flexibility index (Phi) is 7.80. The average molecular weight is 428 g/mol. The second-order valence-electron chi connectivity index (χ2n) is 5.78. The van der Waals surface area contributed by atoms with Crippen LogP contribution >= 0.6 is 19.6 Å². The van der Waals surface area contributed by atoms with Gasteiger partial charge in [0.1, 0.15) is 12.3 Å². The van der Waals surface area contributed by atoms with Gasteiger partial charge in [-0.1, -0.05) is 0 Å². The summed E-state index contributed by atoms with van der Waals surface area (Å²) < 4.78 is 21.5. The van der Waals surface area contributed by atoms with Gasteiger partial charge in [0.15, 0.2) is 0 Å². The standard InChI is InChI=1S/C13H21N2O10PS/c16-1-2-27-6-9(18)7-4-15(13(20)14-12(7)19)11-3-8(17)10(25-11)5-24-26(21,22)23/h4,8-11,16-18H,1-3,5-6H2,(H,14,19,20)(H2,21,22,23)/t8-,9?,10+,11-/m0/s1. The minimum absolute atomic E-state index is 0.0842. The molecule has 0 spiro atoms. The molecule has 27 heavy (non-hydrogen) atoms. The zero-order chi connectivity index (χ0) is 20.2. The Hall–Kier alpha value is -1.02. The van der Waals surface area contributed by atoms with E-state index in [0.29, 0.717) is 5.75 Å². The molecule has 0 aliphatic carbocycles. The van der Waals surface area contributed by atoms with Crippen molar-refractivity contribution < 1.29 is 38.9 Å². The molecule has 1 unspecified atom stereocenters. The van der Waals surface area contributed by atoms with E-state index in [4.69, 9.17) is 19.6 Å². The maximum Gasteiger partial charge on any atom is 0.469 e. The van der Waals surface area contributed by atoms with Crippen molar-refractivity contribution >= 4 is 19.6 Å². The first-order valence-electron chi connectivity index (χ1n) is 7.88. The molecular formula is C13H21N2O10PS. The number of aliphatic hydroxyl groups is 3. The van der Waals surface area contributed by atoms with Gasteiger partial charge in [-0.15, -0.1) is 0 Å². The minimum atomic E-state index is -4.75. The van der Waals surface area contributed by atoms with Crippen LogP contribution in [0.5, 0.6) is 0 Å². The van der Waals surface area contributed by atoms with Crippen LogP contribution in [0.25, 0.3) is 0 Å². The number of phosphoric ester groups is 1. The number of phosphoric acid groups is 1. The molecule has 1 fully saturated rings. The molecule has 0 bridgehead atoms. The van der Waals surface area contributed by atoms with E-state index in [1.54, 1.807) is 0 Å². The van der Waals surface area contributed by atoms with Gasteiger partial charge in [0.2, 0.25) is 0 Å². The molecule has 0 aromatic carbocycles. The molecule has 0 radical (unpaired) electrons. The maximum atomic E-state index is 12.1. The molecule has 1 aliphatic heterocycles. The molecule has 154 valence electrons. The fraction of sp³-hybridized carbons (Fsp3) is 0.692. The van der Waals surface area contributed by atoms with Crippen LogP contribution in [-0.2, 0) is 13.8 Å². The van der Waals surface area contributed by atoms with Gasteiger partial charge in [0.05, 0.1) is 31.0 Å². The van der Waals surface area contributed by atoms with Crippen LogP contribution in [0.4, 0.5) is 0 Å². The lowest BCUT2D eigenvalue weighted by atomic mass is 10.2. The van der Waals surface area contributed by atoms with E-state index in [9.17, 15) is 24.4 Å². The molecule has 1 aromatic heterocycles. The smallest absolute Gasteiger partial charge is 0.396 e. The number of aliphatic hydroxyl groups excluding tert-OH is 3. The number of nitrogens with one attached hydrogen (secondary N) is 1. The highest BCUT2D eigenvalue weighted by atomic mass is 32.2. The number of aromatic nitrogens is 2. The fourth-order valence-corrected chi connectivity index (χ4v) is 3.55. The number of H-pyrrole nitrogens is 1. The first-order chi connectivity index (χ1) is 12.6. The molecule has 6 N–H and O–H groups in total. The van der Waals surface area contributed by atoms with Crippen molar-refractivity contribution in [2.45, 2.75) is 31.0 Å². The second kappa shape index (κ2) is 9.45. The van der Waals surface area contributed by atoms with Crippen LogP contribution in [-0.4, -0.2) is 71.6 Å². The SMILES string of the molecule is O=c1[nH]c(=O)n([C@@H]2C[C@H](O)[C@@H](COP(=O)(O)O)O2)cc1C(O)CSCCO. The van der Waals surface area contributed by atoms with Crippen LogP contribution in [0.2, 0.25) is 0 Å². The number of thioether (sulfide) groups is 1. The molecule has 0 saturated carbocycles. The minimum Gasteiger partial charge on any atom is -0.396 e. The number of nitrogens with zero attached hydrogens (tertiary/aromatic N) is 1. The third-order valence-electron chi connectivity index (χ3n) is 3.79. The summed E-state index contributed by atoms with van der Waals surface area (Å²) >= 11 is 1.22. The molecule has 1 aromatic rings. The second-order valence-corrected chi connectivity index (χ2v) is 8.17. The molecular weight excluding hydrogens is 407 g/mol. The van der Waals surface area contributed by atoms with Gasteiger partial charge in [-0.25, -0.2) is 9.36 Å². The van der Waals surface area contributed by atoms with Crippen LogP contribution in [0, 0.1) is 0 Å². The van der Waals surface area contributed by atoms with Gasteiger partial charge in [-0.2, -0.15) is 11.8 Å². The molecule has 2 heterocycles. The topological polar surface area (TPSA) is 192 Å². The predicted octanol–water partition coefficient (Wildman–Crippen LogP) is -1.95. The normalized spacial score (nSPS) is 24.3. The zero-order valence-corrected chi connectivity index (χ0v) is 15.7. The summed E-state index contributed by atoms with van der Waals surface area (Å²) in [5.41, 5.74) is -1.69. The van der Waals surface area contributed by atoms with E-state index in [1.165, 1.54) is 11.8 Å². The van der Waals surface area contributed by atoms with E-state index in [-0.39, 0.29) is 24.3 Å². The first-order valence-corrected chi connectivity index (χ1v) is 10.6. The zero-order valence-electron chi connectivity index (χ0n) is 14.0. The third-order valence-corrected chi connectivity index (χ3v) is 5.30. The van der Waals surface area contributed by atoms with Gasteiger partial charge in [-0.05, 0) is 0 Å². The molecule has 2 rings (SSSR count). The fourth-order valence-electron chi connectivity index (χ4n) is 2.51. The summed E-state index contributed by atoms with van der Waals surface area (Å²) in [5, 5.41) is 28.8. The van der Waals surface area contributed by atoms with E-state index in [1.807, 2.05) is 0 Å². The van der Waals surface area contributed by atoms with Crippen molar-refractivity contribution in [2.24, 2.45) is 0 Å². The van der Waals surface area contributed by atoms with Crippen LogP contribution in [0.15, 0.2) is 15.8 Å². The van der Waals surface area contributed by atoms with Crippen molar-refractivity contribution in [1.82, 2.24) is 9.55 Å². The Morgan fingerprint density at radius 1 is 1.44 bits per heavy atom. The van der Waals surface area contributed by atoms with Crippen molar-refractivity contribution in [2.75, 3.05) is 24.7 Å². The molecule has 1 aliphatic rings. The summed E-state index contributed by atoms with van der Waals surface area (Å²) in [6, 6.07) is 0. The summed E-state index contributed by atoms with van der Waals surface area (Å²) in [5.74, 6) is 0.489. The van der Waals surface area contributed by atoms with E-state index < -0.39 is 50.2 Å². The van der Waals surface area contributed by atoms with Crippen molar-refractivity contribution in [3.8, 4) is 0 Å². The highest BCUT2D eigenvalue weighted by Crippen LogP contribution is 2.38. The highest BCUT2D eigenvalue weighted by molar-refractivity contribution is 7.99. The lowest BCUT2D eigenvalue weighted by Crippen LogP contribution is -2.35. The maximum absolute atomic E-state index is 12.1. The molecule has 12 nitrogen and oxygen atoms in total. The first kappa shape index (κ1) is 22.3. The summed E-state index contributed by atoms with van der Waals surface area (Å²) in [7, 11) is -4.75. The highest BCUT2D eigenvalue weighted by Gasteiger charge is 2.37. The van der Waals surface area contributed by atoms with Crippen LogP contribution in [0.3, 0.4) is 0 Å². The van der Waals surface area contributed by atoms with Gasteiger partial charge in [-0.3, -0.25) is 18.9 Å². The van der Waals surface area contributed by atoms with E-state index in [2.05, 4.69) is 9.51 Å². The molecule has 0 amide bonds. The summed E-state index contributed by atoms with van der Waals surface area (Å²) in [4.78, 5) is 43.5.